The number of hydrogen-bond acceptors (Lipinski definition) is 4. The highest BCUT2D eigenvalue weighted by atomic mass is 16.6. The molecule has 1 aliphatic carbocycles. The maximum Gasteiger partial charge on any atom is 0.363 e. The van der Waals surface area contributed by atoms with Gasteiger partial charge in [0.05, 0.1) is 0 Å². The number of esters is 1. The lowest BCUT2D eigenvalue weighted by atomic mass is 9.78. The fourth-order valence-corrected chi connectivity index (χ4v) is 4.00. The smallest absolute Gasteiger partial charge is 0.363 e. The van der Waals surface area contributed by atoms with Crippen LogP contribution >= 0.6 is 0 Å². The lowest BCUT2D eigenvalue weighted by molar-refractivity contribution is -0.129. The number of carbonyl (C=O) groups is 1. The fourth-order valence-electron chi connectivity index (χ4n) is 4.00. The third-order valence-corrected chi connectivity index (χ3v) is 5.71. The van der Waals surface area contributed by atoms with Crippen LogP contribution in [-0.2, 0) is 9.53 Å². The molecule has 1 aliphatic heterocycles. The van der Waals surface area contributed by atoms with Crippen molar-refractivity contribution in [1.82, 2.24) is 0 Å². The topological polar surface area (TPSA) is 51.8 Å². The van der Waals surface area contributed by atoms with Gasteiger partial charge in [0.1, 0.15) is 11.5 Å². The molecular weight excluding hydrogens is 338 g/mol. The quantitative estimate of drug-likeness (QED) is 0.523. The molecule has 1 aromatic carbocycles. The first-order valence-electron chi connectivity index (χ1n) is 9.81. The zero-order valence-corrected chi connectivity index (χ0v) is 15.9. The van der Waals surface area contributed by atoms with Gasteiger partial charge in [0, 0.05) is 11.6 Å². The highest BCUT2D eigenvalue weighted by molar-refractivity contribution is 6.12. The molecule has 2 heterocycles. The number of hydrogen-bond donors (Lipinski definition) is 0. The van der Waals surface area contributed by atoms with E-state index in [1.165, 1.54) is 37.7 Å². The molecule has 0 amide bonds. The minimum absolute atomic E-state index is 0.265. The first kappa shape index (κ1) is 17.8. The molecule has 4 rings (SSSR count). The van der Waals surface area contributed by atoms with Crippen LogP contribution in [0, 0.1) is 12.8 Å². The van der Waals surface area contributed by atoms with Gasteiger partial charge in [-0.2, -0.15) is 0 Å². The number of nitrogens with zero attached hydrogens (tertiary/aromatic N) is 1. The van der Waals surface area contributed by atoms with E-state index in [4.69, 9.17) is 9.15 Å². The Bertz CT molecular complexity index is 881. The van der Waals surface area contributed by atoms with Gasteiger partial charge in [-0.1, -0.05) is 25.5 Å². The molecule has 27 heavy (non-hydrogen) atoms. The summed E-state index contributed by atoms with van der Waals surface area (Å²) in [7, 11) is 0. The van der Waals surface area contributed by atoms with Crippen LogP contribution in [0.5, 0.6) is 0 Å². The Hall–Kier alpha value is -2.62. The number of rotatable bonds is 4. The summed E-state index contributed by atoms with van der Waals surface area (Å²) in [6.07, 6.45) is 8.10. The molecule has 2 aromatic rings. The van der Waals surface area contributed by atoms with Gasteiger partial charge in [0.25, 0.3) is 0 Å². The number of aliphatic imine (C=N–C) groups is 1. The van der Waals surface area contributed by atoms with Crippen LogP contribution in [0.25, 0.3) is 6.08 Å². The Labute approximate surface area is 159 Å². The lowest BCUT2D eigenvalue weighted by Crippen LogP contribution is -2.13. The molecule has 0 saturated heterocycles. The van der Waals surface area contributed by atoms with Crippen LogP contribution in [0.1, 0.15) is 67.6 Å². The Morgan fingerprint density at radius 1 is 1.07 bits per heavy atom. The Morgan fingerprint density at radius 2 is 1.81 bits per heavy atom. The number of benzene rings is 1. The van der Waals surface area contributed by atoms with Crippen LogP contribution in [-0.4, -0.2) is 11.9 Å². The molecule has 0 bridgehead atoms. The Morgan fingerprint density at radius 3 is 2.44 bits per heavy atom. The van der Waals surface area contributed by atoms with E-state index in [1.807, 2.05) is 31.2 Å². The van der Waals surface area contributed by atoms with Gasteiger partial charge in [0.15, 0.2) is 5.70 Å². The number of aryl methyl sites for hydroxylation is 1. The van der Waals surface area contributed by atoms with E-state index < -0.39 is 5.97 Å². The molecule has 4 heteroatoms. The molecular formula is C23H25NO3. The van der Waals surface area contributed by atoms with Gasteiger partial charge in [-0.15, -0.1) is 0 Å². The van der Waals surface area contributed by atoms with E-state index in [0.29, 0.717) is 17.6 Å². The number of carbonyl (C=O) groups excluding carboxylic acids is 1. The van der Waals surface area contributed by atoms with E-state index in [0.717, 1.165) is 17.2 Å². The van der Waals surface area contributed by atoms with Crippen molar-refractivity contribution < 1.29 is 13.9 Å². The standard InChI is InChI=1S/C23H25NO3/c1-3-16-5-7-17(8-6-16)18-9-11-19(12-10-18)22-24-21(23(25)27-22)14-20-13-4-15(2)26-20/h4,9-14,16-17H,3,5-8H2,1-2H3/b21-14+. The van der Waals surface area contributed by atoms with Crippen molar-refractivity contribution in [1.29, 1.82) is 0 Å². The van der Waals surface area contributed by atoms with Crippen LogP contribution in [0.4, 0.5) is 0 Å². The molecule has 140 valence electrons. The summed E-state index contributed by atoms with van der Waals surface area (Å²) < 4.78 is 10.8. The molecule has 0 atom stereocenters. The van der Waals surface area contributed by atoms with E-state index in [9.17, 15) is 4.79 Å². The highest BCUT2D eigenvalue weighted by Crippen LogP contribution is 2.37. The van der Waals surface area contributed by atoms with Crippen LogP contribution in [0.15, 0.2) is 51.5 Å². The van der Waals surface area contributed by atoms with Crippen molar-refractivity contribution >= 4 is 17.9 Å². The zero-order valence-electron chi connectivity index (χ0n) is 15.9. The molecule has 2 aliphatic rings. The second-order valence-electron chi connectivity index (χ2n) is 7.53. The summed E-state index contributed by atoms with van der Waals surface area (Å²) in [4.78, 5) is 16.4. The molecule has 0 N–H and O–H groups in total. The van der Waals surface area contributed by atoms with Crippen molar-refractivity contribution in [3.8, 4) is 0 Å². The SMILES string of the molecule is CCC1CCC(c2ccc(C3=N/C(=C/c4ccc(C)o4)C(=O)O3)cc2)CC1. The molecule has 1 aromatic heterocycles. The Balaban J connectivity index is 1.48. The zero-order chi connectivity index (χ0) is 18.8. The molecule has 1 saturated carbocycles. The lowest BCUT2D eigenvalue weighted by Gasteiger charge is -2.28. The van der Waals surface area contributed by atoms with Gasteiger partial charge < -0.3 is 9.15 Å². The summed E-state index contributed by atoms with van der Waals surface area (Å²) in [6.45, 7) is 4.15. The second kappa shape index (κ2) is 7.55. The number of furan rings is 1. The van der Waals surface area contributed by atoms with Crippen LogP contribution in [0.3, 0.4) is 0 Å². The van der Waals surface area contributed by atoms with E-state index >= 15 is 0 Å². The van der Waals surface area contributed by atoms with Crippen molar-refractivity contribution in [3.05, 3.63) is 64.7 Å². The summed E-state index contributed by atoms with van der Waals surface area (Å²) >= 11 is 0. The summed E-state index contributed by atoms with van der Waals surface area (Å²) in [5, 5.41) is 0. The molecule has 0 unspecified atom stereocenters. The summed E-state index contributed by atoms with van der Waals surface area (Å²) in [5.41, 5.74) is 2.47. The largest absolute Gasteiger partial charge is 0.462 e. The predicted molar refractivity (Wildman–Crippen MR) is 105 cm³/mol. The van der Waals surface area contributed by atoms with Crippen molar-refractivity contribution in [3.63, 3.8) is 0 Å². The summed E-state index contributed by atoms with van der Waals surface area (Å²) in [5.74, 6) is 2.85. The number of ether oxygens (including phenoxy) is 1. The maximum absolute atomic E-state index is 12.1. The average molecular weight is 363 g/mol. The second-order valence-corrected chi connectivity index (χ2v) is 7.53. The minimum Gasteiger partial charge on any atom is -0.462 e. The van der Waals surface area contributed by atoms with Crippen LogP contribution in [0.2, 0.25) is 0 Å². The third kappa shape index (κ3) is 3.90. The average Bonchev–Trinajstić information content (AvgIpc) is 3.28. The third-order valence-electron chi connectivity index (χ3n) is 5.71. The monoisotopic (exact) mass is 363 g/mol. The van der Waals surface area contributed by atoms with Gasteiger partial charge in [-0.05, 0) is 74.3 Å². The van der Waals surface area contributed by atoms with E-state index in [2.05, 4.69) is 24.0 Å². The Kier molecular flexibility index (Phi) is 4.97. The van der Waals surface area contributed by atoms with E-state index in [-0.39, 0.29) is 5.70 Å². The molecule has 1 fully saturated rings. The minimum atomic E-state index is -0.444. The molecule has 4 nitrogen and oxygen atoms in total. The number of cyclic esters (lactones) is 1. The van der Waals surface area contributed by atoms with Crippen molar-refractivity contribution in [2.45, 2.75) is 51.9 Å². The fraction of sp³-hybridized carbons (Fsp3) is 0.391. The van der Waals surface area contributed by atoms with Crippen molar-refractivity contribution in [2.75, 3.05) is 0 Å². The van der Waals surface area contributed by atoms with Gasteiger partial charge in [0.2, 0.25) is 5.90 Å². The molecule has 0 spiro atoms. The predicted octanol–water partition coefficient (Wildman–Crippen LogP) is 5.62. The van der Waals surface area contributed by atoms with Crippen LogP contribution < -0.4 is 0 Å². The molecule has 0 radical (unpaired) electrons. The first-order chi connectivity index (χ1) is 13.1. The highest BCUT2D eigenvalue weighted by Gasteiger charge is 2.25. The van der Waals surface area contributed by atoms with Gasteiger partial charge >= 0.3 is 5.97 Å². The maximum atomic E-state index is 12.1. The van der Waals surface area contributed by atoms with Crippen molar-refractivity contribution in [2.24, 2.45) is 10.9 Å². The van der Waals surface area contributed by atoms with Gasteiger partial charge in [-0.3, -0.25) is 0 Å². The first-order valence-corrected chi connectivity index (χ1v) is 9.81. The van der Waals surface area contributed by atoms with Gasteiger partial charge in [-0.25, -0.2) is 9.79 Å². The summed E-state index contributed by atoms with van der Waals surface area (Å²) in [6, 6.07) is 12.0. The normalized spacial score (nSPS) is 24.1. The van der Waals surface area contributed by atoms with E-state index in [1.54, 1.807) is 6.08 Å².